The van der Waals surface area contributed by atoms with Gasteiger partial charge in [0.2, 0.25) is 10.0 Å². The molecule has 0 unspecified atom stereocenters. The quantitative estimate of drug-likeness (QED) is 0.649. The minimum Gasteiger partial charge on any atom is -0.352 e. The van der Waals surface area contributed by atoms with Gasteiger partial charge in [0, 0.05) is 30.2 Å². The van der Waals surface area contributed by atoms with Crippen LogP contribution in [-0.2, 0) is 10.0 Å². The number of amides is 2. The lowest BCUT2D eigenvalue weighted by Gasteiger charge is -2.17. The Morgan fingerprint density at radius 3 is 2.48 bits per heavy atom. The lowest BCUT2D eigenvalue weighted by atomic mass is 10.1. The molecule has 1 saturated heterocycles. The summed E-state index contributed by atoms with van der Waals surface area (Å²) in [7, 11) is -4.04. The average Bonchev–Trinajstić information content (AvgIpc) is 3.28. The van der Waals surface area contributed by atoms with E-state index in [1.54, 1.807) is 0 Å². The Labute approximate surface area is 185 Å². The van der Waals surface area contributed by atoms with Crippen LogP contribution >= 0.6 is 11.6 Å². The third-order valence-corrected chi connectivity index (χ3v) is 7.03. The zero-order chi connectivity index (χ0) is 22.6. The minimum absolute atomic E-state index is 0.0564. The van der Waals surface area contributed by atoms with Gasteiger partial charge in [0.15, 0.2) is 0 Å². The van der Waals surface area contributed by atoms with Crippen molar-refractivity contribution in [3.05, 3.63) is 58.4 Å². The normalized spacial score (nSPS) is 14.4. The van der Waals surface area contributed by atoms with Crippen molar-refractivity contribution < 1.29 is 22.4 Å². The fourth-order valence-electron chi connectivity index (χ4n) is 3.26. The predicted octanol–water partition coefficient (Wildman–Crippen LogP) is 3.66. The first-order valence-electron chi connectivity index (χ1n) is 9.93. The van der Waals surface area contributed by atoms with Gasteiger partial charge in [-0.25, -0.2) is 12.8 Å². The number of nitrogens with one attached hydrogen (secondary N) is 2. The fourth-order valence-corrected chi connectivity index (χ4v) is 5.04. The second-order valence-electron chi connectivity index (χ2n) is 7.16. The third-order valence-electron chi connectivity index (χ3n) is 4.89. The highest BCUT2D eigenvalue weighted by atomic mass is 35.5. The van der Waals surface area contributed by atoms with E-state index in [1.165, 1.54) is 28.6 Å². The summed E-state index contributed by atoms with van der Waals surface area (Å²) in [6, 6.07) is 7.58. The van der Waals surface area contributed by atoms with Crippen LogP contribution in [0.3, 0.4) is 0 Å². The van der Waals surface area contributed by atoms with Gasteiger partial charge in [-0.2, -0.15) is 4.31 Å². The number of benzene rings is 2. The zero-order valence-electron chi connectivity index (χ0n) is 17.0. The van der Waals surface area contributed by atoms with E-state index in [2.05, 4.69) is 10.6 Å². The Kier molecular flexibility index (Phi) is 7.30. The summed E-state index contributed by atoms with van der Waals surface area (Å²) in [4.78, 5) is 24.7. The van der Waals surface area contributed by atoms with E-state index in [9.17, 15) is 22.4 Å². The van der Waals surface area contributed by atoms with E-state index in [0.29, 0.717) is 37.5 Å². The number of anilines is 1. The molecule has 1 aliphatic rings. The first-order chi connectivity index (χ1) is 14.7. The largest absolute Gasteiger partial charge is 0.352 e. The molecule has 2 N–H and O–H groups in total. The second kappa shape index (κ2) is 9.76. The monoisotopic (exact) mass is 467 g/mol. The Hall–Kier alpha value is -2.49. The summed E-state index contributed by atoms with van der Waals surface area (Å²) in [6.45, 7) is 3.01. The van der Waals surface area contributed by atoms with Crippen LogP contribution in [0.1, 0.15) is 46.9 Å². The summed E-state index contributed by atoms with van der Waals surface area (Å²) in [5, 5.41) is 5.60. The molecule has 0 atom stereocenters. The maximum absolute atomic E-state index is 14.3. The lowest BCUT2D eigenvalue weighted by Crippen LogP contribution is -2.29. The topological polar surface area (TPSA) is 95.6 Å². The molecule has 1 heterocycles. The van der Waals surface area contributed by atoms with Gasteiger partial charge in [-0.1, -0.05) is 18.5 Å². The molecule has 2 amide bonds. The van der Waals surface area contributed by atoms with Crippen LogP contribution in [0.15, 0.2) is 41.3 Å². The highest BCUT2D eigenvalue weighted by molar-refractivity contribution is 7.89. The van der Waals surface area contributed by atoms with Crippen LogP contribution in [0.2, 0.25) is 5.02 Å². The molecular formula is C21H23ClFN3O4S. The standard InChI is InChI=1S/C21H23ClFN3O4S/c1-2-9-24-21(28)16-7-6-15(22)13-18(16)25-20(27)14-5-8-17(23)19(12-14)31(29,30)26-10-3-4-11-26/h5-8,12-13H,2-4,9-11H2,1H3,(H,24,28)(H,25,27). The maximum atomic E-state index is 14.3. The summed E-state index contributed by atoms with van der Waals surface area (Å²) >= 11 is 6.02. The molecule has 1 fully saturated rings. The van der Waals surface area contributed by atoms with Crippen molar-refractivity contribution in [2.24, 2.45) is 0 Å². The van der Waals surface area contributed by atoms with Crippen LogP contribution in [0.5, 0.6) is 0 Å². The Morgan fingerprint density at radius 2 is 1.81 bits per heavy atom. The number of nitrogens with zero attached hydrogens (tertiary/aromatic N) is 1. The van der Waals surface area contributed by atoms with Gasteiger partial charge in [0.1, 0.15) is 10.7 Å². The van der Waals surface area contributed by atoms with E-state index in [0.717, 1.165) is 18.6 Å². The van der Waals surface area contributed by atoms with Crippen LogP contribution < -0.4 is 10.6 Å². The zero-order valence-corrected chi connectivity index (χ0v) is 18.5. The van der Waals surface area contributed by atoms with Crippen molar-refractivity contribution in [3.63, 3.8) is 0 Å². The Balaban J connectivity index is 1.90. The van der Waals surface area contributed by atoms with E-state index in [4.69, 9.17) is 11.6 Å². The molecule has 10 heteroatoms. The maximum Gasteiger partial charge on any atom is 0.255 e. The molecule has 2 aromatic carbocycles. The molecule has 0 saturated carbocycles. The Bertz CT molecular complexity index is 1100. The summed E-state index contributed by atoms with van der Waals surface area (Å²) < 4.78 is 41.1. The van der Waals surface area contributed by atoms with Crippen molar-refractivity contribution in [1.82, 2.24) is 9.62 Å². The summed E-state index contributed by atoms with van der Waals surface area (Å²) in [5.74, 6) is -2.00. The van der Waals surface area contributed by atoms with Gasteiger partial charge in [-0.15, -0.1) is 0 Å². The van der Waals surface area contributed by atoms with E-state index < -0.39 is 26.6 Å². The molecule has 0 radical (unpaired) electrons. The highest BCUT2D eigenvalue weighted by Gasteiger charge is 2.30. The van der Waals surface area contributed by atoms with Gasteiger partial charge >= 0.3 is 0 Å². The van der Waals surface area contributed by atoms with Crippen molar-refractivity contribution >= 4 is 39.1 Å². The molecule has 3 rings (SSSR count). The number of hydrogen-bond acceptors (Lipinski definition) is 4. The van der Waals surface area contributed by atoms with E-state index in [1.807, 2.05) is 6.92 Å². The molecule has 0 aromatic heterocycles. The number of sulfonamides is 1. The van der Waals surface area contributed by atoms with Gasteiger partial charge in [0.25, 0.3) is 11.8 Å². The number of carbonyl (C=O) groups is 2. The number of hydrogen-bond donors (Lipinski definition) is 2. The van der Waals surface area contributed by atoms with Crippen molar-refractivity contribution in [3.8, 4) is 0 Å². The molecular weight excluding hydrogens is 445 g/mol. The Morgan fingerprint density at radius 1 is 1.10 bits per heavy atom. The van der Waals surface area contributed by atoms with Gasteiger partial charge in [-0.05, 0) is 55.7 Å². The van der Waals surface area contributed by atoms with Crippen molar-refractivity contribution in [1.29, 1.82) is 0 Å². The fraction of sp³-hybridized carbons (Fsp3) is 0.333. The molecule has 166 valence electrons. The van der Waals surface area contributed by atoms with Crippen molar-refractivity contribution in [2.75, 3.05) is 25.0 Å². The molecule has 31 heavy (non-hydrogen) atoms. The van der Waals surface area contributed by atoms with Gasteiger partial charge < -0.3 is 10.6 Å². The van der Waals surface area contributed by atoms with Gasteiger partial charge in [0.05, 0.1) is 11.3 Å². The predicted molar refractivity (Wildman–Crippen MR) is 116 cm³/mol. The minimum atomic E-state index is -4.04. The third kappa shape index (κ3) is 5.23. The van der Waals surface area contributed by atoms with Crippen molar-refractivity contribution in [2.45, 2.75) is 31.1 Å². The van der Waals surface area contributed by atoms with Gasteiger partial charge in [-0.3, -0.25) is 9.59 Å². The van der Waals surface area contributed by atoms with Crippen LogP contribution in [-0.4, -0.2) is 44.2 Å². The van der Waals surface area contributed by atoms with Crippen LogP contribution in [0, 0.1) is 5.82 Å². The highest BCUT2D eigenvalue weighted by Crippen LogP contribution is 2.26. The first kappa shape index (κ1) is 23.2. The van der Waals surface area contributed by atoms with E-state index in [-0.39, 0.29) is 22.7 Å². The molecule has 0 spiro atoms. The SMILES string of the molecule is CCCNC(=O)c1ccc(Cl)cc1NC(=O)c1ccc(F)c(S(=O)(=O)N2CCCC2)c1. The molecule has 7 nitrogen and oxygen atoms in total. The molecule has 0 aliphatic carbocycles. The number of rotatable bonds is 7. The molecule has 2 aromatic rings. The summed E-state index contributed by atoms with van der Waals surface area (Å²) in [6.07, 6.45) is 2.15. The smallest absolute Gasteiger partial charge is 0.255 e. The average molecular weight is 468 g/mol. The summed E-state index contributed by atoms with van der Waals surface area (Å²) in [5.41, 5.74) is 0.316. The second-order valence-corrected chi connectivity index (χ2v) is 9.50. The molecule has 0 bridgehead atoms. The number of halogens is 2. The number of carbonyl (C=O) groups excluding carboxylic acids is 2. The lowest BCUT2D eigenvalue weighted by molar-refractivity contribution is 0.0954. The van der Waals surface area contributed by atoms with Crippen LogP contribution in [0.4, 0.5) is 10.1 Å². The molecule has 1 aliphatic heterocycles. The first-order valence-corrected chi connectivity index (χ1v) is 11.7. The van der Waals surface area contributed by atoms with Crippen LogP contribution in [0.25, 0.3) is 0 Å². The van der Waals surface area contributed by atoms with E-state index >= 15 is 0 Å².